The van der Waals surface area contributed by atoms with Gasteiger partial charge in [0, 0.05) is 12.1 Å². The monoisotopic (exact) mass is 600 g/mol. The lowest BCUT2D eigenvalue weighted by molar-refractivity contribution is -0.140. The number of hydrogen-bond acceptors (Lipinski definition) is 5. The van der Waals surface area contributed by atoms with Crippen molar-refractivity contribution in [2.24, 2.45) is 0 Å². The van der Waals surface area contributed by atoms with Gasteiger partial charge in [-0.15, -0.1) is 0 Å². The number of carboxylic acid groups (broad SMARTS) is 1. The SMILES string of the molecule is CC1(C)C(=O)N(c2ccc(C#N)c(C(F)(F)F)c2)C(=O)N1Cc1ccccc1NC1(C(=O)O)C=CC(c2ccccc2)=CC1. The zero-order chi connectivity index (χ0) is 31.9. The maximum Gasteiger partial charge on any atom is 0.417 e. The number of rotatable bonds is 7. The molecule has 8 nitrogen and oxygen atoms in total. The van der Waals surface area contributed by atoms with Gasteiger partial charge in [0.05, 0.1) is 29.4 Å². The number of alkyl halides is 3. The van der Waals surface area contributed by atoms with Crippen LogP contribution in [0.1, 0.15) is 42.5 Å². The number of carboxylic acids is 1. The number of allylic oxidation sites excluding steroid dienone is 2. The number of amides is 3. The van der Waals surface area contributed by atoms with Crippen molar-refractivity contribution in [2.45, 2.75) is 44.1 Å². The quantitative estimate of drug-likeness (QED) is 0.295. The van der Waals surface area contributed by atoms with Gasteiger partial charge in [-0.25, -0.2) is 14.5 Å². The number of nitrogens with zero attached hydrogens (tertiary/aromatic N) is 3. The highest BCUT2D eigenvalue weighted by atomic mass is 19.4. The Morgan fingerprint density at radius 1 is 1.05 bits per heavy atom. The summed E-state index contributed by atoms with van der Waals surface area (Å²) in [5.74, 6) is -1.87. The summed E-state index contributed by atoms with van der Waals surface area (Å²) >= 11 is 0. The summed E-state index contributed by atoms with van der Waals surface area (Å²) in [5, 5.41) is 22.5. The van der Waals surface area contributed by atoms with Crippen molar-refractivity contribution in [1.82, 2.24) is 4.90 Å². The van der Waals surface area contributed by atoms with Crippen LogP contribution in [0.5, 0.6) is 0 Å². The van der Waals surface area contributed by atoms with Crippen molar-refractivity contribution in [3.63, 3.8) is 0 Å². The minimum atomic E-state index is -4.88. The third-order valence-corrected chi connectivity index (χ3v) is 7.89. The van der Waals surface area contributed by atoms with E-state index in [9.17, 15) is 32.7 Å². The van der Waals surface area contributed by atoms with Crippen LogP contribution in [-0.2, 0) is 22.3 Å². The summed E-state index contributed by atoms with van der Waals surface area (Å²) in [5.41, 5.74) is -2.45. The molecule has 1 unspecified atom stereocenters. The maximum absolute atomic E-state index is 13.6. The van der Waals surface area contributed by atoms with Crippen molar-refractivity contribution in [3.8, 4) is 6.07 Å². The number of para-hydroxylation sites is 1. The lowest BCUT2D eigenvalue weighted by Crippen LogP contribution is -2.46. The Kier molecular flexibility index (Phi) is 7.55. The van der Waals surface area contributed by atoms with E-state index in [1.54, 1.807) is 36.4 Å². The molecule has 11 heteroatoms. The van der Waals surface area contributed by atoms with E-state index in [0.717, 1.165) is 23.3 Å². The van der Waals surface area contributed by atoms with Crippen LogP contribution < -0.4 is 10.2 Å². The first kappa shape index (κ1) is 30.1. The van der Waals surface area contributed by atoms with Gasteiger partial charge in [-0.05, 0) is 60.9 Å². The van der Waals surface area contributed by atoms with Crippen LogP contribution in [0.2, 0.25) is 0 Å². The van der Waals surface area contributed by atoms with Crippen LogP contribution >= 0.6 is 0 Å². The molecule has 2 N–H and O–H groups in total. The highest BCUT2D eigenvalue weighted by Crippen LogP contribution is 2.39. The molecule has 3 amide bonds. The van der Waals surface area contributed by atoms with Gasteiger partial charge in [0.25, 0.3) is 5.91 Å². The Bertz CT molecular complexity index is 1760. The fourth-order valence-corrected chi connectivity index (χ4v) is 5.31. The van der Waals surface area contributed by atoms with Gasteiger partial charge < -0.3 is 15.3 Å². The Morgan fingerprint density at radius 2 is 1.73 bits per heavy atom. The lowest BCUT2D eigenvalue weighted by Gasteiger charge is -2.33. The van der Waals surface area contributed by atoms with Gasteiger partial charge in [-0.2, -0.15) is 18.4 Å². The summed E-state index contributed by atoms with van der Waals surface area (Å²) in [6.45, 7) is 2.82. The Labute approximate surface area is 251 Å². The van der Waals surface area contributed by atoms with E-state index in [1.807, 2.05) is 36.4 Å². The molecule has 44 heavy (non-hydrogen) atoms. The number of aliphatic carboxylic acids is 1. The number of nitriles is 1. The molecule has 5 rings (SSSR count). The molecular weight excluding hydrogens is 573 g/mol. The molecule has 0 aromatic heterocycles. The minimum absolute atomic E-state index is 0.123. The fourth-order valence-electron chi connectivity index (χ4n) is 5.31. The van der Waals surface area contributed by atoms with Gasteiger partial charge in [0.2, 0.25) is 0 Å². The molecule has 1 atom stereocenters. The van der Waals surface area contributed by atoms with Gasteiger partial charge in [-0.3, -0.25) is 4.79 Å². The van der Waals surface area contributed by atoms with Crippen molar-refractivity contribution in [3.05, 3.63) is 113 Å². The molecule has 1 heterocycles. The van der Waals surface area contributed by atoms with Crippen LogP contribution in [0, 0.1) is 11.3 Å². The van der Waals surface area contributed by atoms with Crippen molar-refractivity contribution in [1.29, 1.82) is 5.26 Å². The molecule has 3 aromatic carbocycles. The molecule has 1 saturated heterocycles. The number of hydrogen-bond donors (Lipinski definition) is 2. The van der Waals surface area contributed by atoms with Crippen molar-refractivity contribution < 1.29 is 32.7 Å². The highest BCUT2D eigenvalue weighted by molar-refractivity contribution is 6.23. The number of carbonyl (C=O) groups is 3. The summed E-state index contributed by atoms with van der Waals surface area (Å²) in [4.78, 5) is 41.6. The summed E-state index contributed by atoms with van der Waals surface area (Å²) in [6.07, 6.45) is 0.387. The minimum Gasteiger partial charge on any atom is -0.479 e. The number of carbonyl (C=O) groups excluding carboxylic acids is 2. The zero-order valence-electron chi connectivity index (χ0n) is 23.7. The molecule has 224 valence electrons. The maximum atomic E-state index is 13.6. The third kappa shape index (κ3) is 5.30. The number of benzene rings is 3. The fraction of sp³-hybridized carbons (Fsp3) is 0.212. The average molecular weight is 601 g/mol. The highest BCUT2D eigenvalue weighted by Gasteiger charge is 2.52. The Hall–Kier alpha value is -5.37. The number of halogens is 3. The molecule has 0 spiro atoms. The van der Waals surface area contributed by atoms with Crippen LogP contribution in [0.4, 0.5) is 29.3 Å². The first-order chi connectivity index (χ1) is 20.8. The van der Waals surface area contributed by atoms with Crippen LogP contribution in [-0.4, -0.2) is 39.0 Å². The van der Waals surface area contributed by atoms with Gasteiger partial charge in [-0.1, -0.05) is 60.7 Å². The number of urea groups is 1. The number of anilines is 2. The summed E-state index contributed by atoms with van der Waals surface area (Å²) in [6, 6.07) is 19.5. The smallest absolute Gasteiger partial charge is 0.417 e. The Balaban J connectivity index is 1.44. The molecule has 0 saturated carbocycles. The van der Waals surface area contributed by atoms with E-state index in [4.69, 9.17) is 5.26 Å². The average Bonchev–Trinajstić information content (AvgIpc) is 3.16. The normalized spacial score (nSPS) is 19.5. The standard InChI is InChI=1S/C33H27F3N4O4/c1-31(2)28(41)40(25-13-12-23(19-37)26(18-25)33(34,35)36)30(44)39(31)20-24-10-6-7-11-27(24)38-32(29(42)43)16-14-22(15-17-32)21-8-4-3-5-9-21/h3-16,18,38H,17,20H2,1-2H3,(H,42,43). The van der Waals surface area contributed by atoms with Crippen molar-refractivity contribution in [2.75, 3.05) is 10.2 Å². The topological polar surface area (TPSA) is 114 Å². The van der Waals surface area contributed by atoms with E-state index in [0.29, 0.717) is 22.2 Å². The van der Waals surface area contributed by atoms with E-state index in [-0.39, 0.29) is 18.7 Å². The van der Waals surface area contributed by atoms with Gasteiger partial charge >= 0.3 is 18.2 Å². The molecule has 0 radical (unpaired) electrons. The first-order valence-corrected chi connectivity index (χ1v) is 13.6. The van der Waals surface area contributed by atoms with Crippen LogP contribution in [0.25, 0.3) is 5.57 Å². The molecule has 1 aliphatic heterocycles. The van der Waals surface area contributed by atoms with E-state index in [2.05, 4.69) is 5.32 Å². The zero-order valence-corrected chi connectivity index (χ0v) is 23.7. The van der Waals surface area contributed by atoms with Crippen LogP contribution in [0.15, 0.2) is 91.0 Å². The second-order valence-electron chi connectivity index (χ2n) is 11.0. The Morgan fingerprint density at radius 3 is 2.34 bits per heavy atom. The second kappa shape index (κ2) is 11.0. The van der Waals surface area contributed by atoms with E-state index in [1.165, 1.54) is 24.8 Å². The largest absolute Gasteiger partial charge is 0.479 e. The predicted octanol–water partition coefficient (Wildman–Crippen LogP) is 6.60. The van der Waals surface area contributed by atoms with Gasteiger partial charge in [0.15, 0.2) is 5.54 Å². The lowest BCUT2D eigenvalue weighted by atomic mass is 9.86. The van der Waals surface area contributed by atoms with Crippen molar-refractivity contribution >= 4 is 34.9 Å². The van der Waals surface area contributed by atoms with E-state index >= 15 is 0 Å². The summed E-state index contributed by atoms with van der Waals surface area (Å²) < 4.78 is 40.9. The second-order valence-corrected chi connectivity index (χ2v) is 11.0. The van der Waals surface area contributed by atoms with Crippen LogP contribution in [0.3, 0.4) is 0 Å². The van der Waals surface area contributed by atoms with E-state index < -0.39 is 46.3 Å². The third-order valence-electron chi connectivity index (χ3n) is 7.89. The molecule has 2 aliphatic rings. The van der Waals surface area contributed by atoms with Gasteiger partial charge in [0.1, 0.15) is 5.54 Å². The molecule has 1 fully saturated rings. The summed E-state index contributed by atoms with van der Waals surface area (Å²) in [7, 11) is 0. The first-order valence-electron chi connectivity index (χ1n) is 13.6. The number of nitrogens with one attached hydrogen (secondary N) is 1. The molecule has 3 aromatic rings. The predicted molar refractivity (Wildman–Crippen MR) is 157 cm³/mol. The molecule has 1 aliphatic carbocycles. The molecule has 0 bridgehead atoms. The molecular formula is C33H27F3N4O4. The number of imide groups is 1.